The topological polar surface area (TPSA) is 67.8 Å². The monoisotopic (exact) mass is 376 g/mol. The van der Waals surface area contributed by atoms with Crippen molar-refractivity contribution in [2.45, 2.75) is 33.9 Å². The van der Waals surface area contributed by atoms with E-state index in [4.69, 9.17) is 9.47 Å². The van der Waals surface area contributed by atoms with Crippen molar-refractivity contribution in [2.24, 2.45) is 4.99 Å². The summed E-state index contributed by atoms with van der Waals surface area (Å²) in [7, 11) is 1.76. The van der Waals surface area contributed by atoms with E-state index in [1.54, 1.807) is 18.4 Å². The number of thiazole rings is 1. The van der Waals surface area contributed by atoms with E-state index >= 15 is 0 Å². The molecule has 26 heavy (non-hydrogen) atoms. The Bertz CT molecular complexity index is 715. The minimum Gasteiger partial charge on any atom is -0.491 e. The molecule has 1 heterocycles. The van der Waals surface area contributed by atoms with Crippen LogP contribution in [-0.4, -0.2) is 37.8 Å². The first-order valence-electron chi connectivity index (χ1n) is 8.78. The van der Waals surface area contributed by atoms with E-state index in [1.165, 1.54) is 10.4 Å². The van der Waals surface area contributed by atoms with Crippen LogP contribution >= 0.6 is 11.3 Å². The van der Waals surface area contributed by atoms with E-state index in [0.29, 0.717) is 32.9 Å². The highest BCUT2D eigenvalue weighted by atomic mass is 32.1. The number of rotatable bonds is 9. The second-order valence-electron chi connectivity index (χ2n) is 5.80. The summed E-state index contributed by atoms with van der Waals surface area (Å²) >= 11 is 1.68. The zero-order valence-corrected chi connectivity index (χ0v) is 16.8. The number of aliphatic imine (C=N–C) groups is 1. The molecule has 1 aromatic carbocycles. The number of guanidine groups is 1. The molecule has 2 N–H and O–H groups in total. The standard InChI is InChI=1S/C19H28N4O2S/c1-5-24-8-9-25-17-10-14(2)6-7-16(17)12-22-19(20-4)23-13-18-21-11-15(3)26-18/h6-7,10-11H,5,8-9,12-13H2,1-4H3,(H2,20,22,23). The highest BCUT2D eigenvalue weighted by Crippen LogP contribution is 2.20. The molecule has 2 aromatic rings. The lowest BCUT2D eigenvalue weighted by molar-refractivity contribution is 0.110. The smallest absolute Gasteiger partial charge is 0.191 e. The van der Waals surface area contributed by atoms with Crippen LogP contribution in [0.2, 0.25) is 0 Å². The van der Waals surface area contributed by atoms with Gasteiger partial charge < -0.3 is 20.1 Å². The van der Waals surface area contributed by atoms with Crippen molar-refractivity contribution in [1.29, 1.82) is 0 Å². The first-order valence-corrected chi connectivity index (χ1v) is 9.60. The van der Waals surface area contributed by atoms with Gasteiger partial charge in [-0.25, -0.2) is 4.98 Å². The van der Waals surface area contributed by atoms with Crippen molar-refractivity contribution in [3.8, 4) is 5.75 Å². The van der Waals surface area contributed by atoms with Gasteiger partial charge in [0.1, 0.15) is 17.4 Å². The Morgan fingerprint density at radius 2 is 2.00 bits per heavy atom. The van der Waals surface area contributed by atoms with Gasteiger partial charge in [0.25, 0.3) is 0 Å². The molecule has 142 valence electrons. The van der Waals surface area contributed by atoms with Gasteiger partial charge in [-0.2, -0.15) is 0 Å². The number of benzene rings is 1. The maximum atomic E-state index is 5.88. The Morgan fingerprint density at radius 3 is 2.69 bits per heavy atom. The summed E-state index contributed by atoms with van der Waals surface area (Å²) in [5.74, 6) is 1.61. The zero-order chi connectivity index (χ0) is 18.8. The third-order valence-corrected chi connectivity index (χ3v) is 4.57. The molecule has 0 radical (unpaired) electrons. The molecule has 0 aliphatic carbocycles. The first-order chi connectivity index (χ1) is 12.6. The lowest BCUT2D eigenvalue weighted by atomic mass is 10.1. The van der Waals surface area contributed by atoms with E-state index in [-0.39, 0.29) is 0 Å². The van der Waals surface area contributed by atoms with Crippen LogP contribution in [-0.2, 0) is 17.8 Å². The van der Waals surface area contributed by atoms with E-state index < -0.39 is 0 Å². The second-order valence-corrected chi connectivity index (χ2v) is 7.12. The number of hydrogen-bond acceptors (Lipinski definition) is 5. The van der Waals surface area contributed by atoms with Crippen molar-refractivity contribution in [3.63, 3.8) is 0 Å². The predicted molar refractivity (Wildman–Crippen MR) is 107 cm³/mol. The van der Waals surface area contributed by atoms with Gasteiger partial charge in [0.15, 0.2) is 5.96 Å². The number of aryl methyl sites for hydroxylation is 2. The number of nitrogens with zero attached hydrogens (tertiary/aromatic N) is 2. The zero-order valence-electron chi connectivity index (χ0n) is 16.0. The molecule has 0 aliphatic rings. The van der Waals surface area contributed by atoms with Crippen LogP contribution < -0.4 is 15.4 Å². The van der Waals surface area contributed by atoms with E-state index in [1.807, 2.05) is 13.1 Å². The molecule has 0 atom stereocenters. The highest BCUT2D eigenvalue weighted by molar-refractivity contribution is 7.11. The Kier molecular flexibility index (Phi) is 8.37. The normalized spacial score (nSPS) is 11.5. The van der Waals surface area contributed by atoms with E-state index in [0.717, 1.165) is 22.3 Å². The van der Waals surface area contributed by atoms with Crippen molar-refractivity contribution in [1.82, 2.24) is 15.6 Å². The van der Waals surface area contributed by atoms with Crippen molar-refractivity contribution >= 4 is 17.3 Å². The predicted octanol–water partition coefficient (Wildman–Crippen LogP) is 3.04. The fraction of sp³-hybridized carbons (Fsp3) is 0.474. The Balaban J connectivity index is 1.89. The molecule has 0 fully saturated rings. The van der Waals surface area contributed by atoms with Gasteiger partial charge in [0.05, 0.1) is 13.2 Å². The second kappa shape index (κ2) is 10.8. The minimum atomic E-state index is 0.542. The molecule has 0 amide bonds. The fourth-order valence-corrected chi connectivity index (χ4v) is 3.07. The molecule has 7 heteroatoms. The Morgan fingerprint density at radius 1 is 1.19 bits per heavy atom. The molecular weight excluding hydrogens is 348 g/mol. The average molecular weight is 377 g/mol. The van der Waals surface area contributed by atoms with Gasteiger partial charge in [-0.1, -0.05) is 12.1 Å². The molecule has 0 saturated heterocycles. The molecule has 0 spiro atoms. The Hall–Kier alpha value is -2.12. The van der Waals surface area contributed by atoms with Gasteiger partial charge in [-0.3, -0.25) is 4.99 Å². The van der Waals surface area contributed by atoms with Gasteiger partial charge in [-0.15, -0.1) is 11.3 Å². The average Bonchev–Trinajstić information content (AvgIpc) is 3.05. The summed E-state index contributed by atoms with van der Waals surface area (Å²) in [6, 6.07) is 6.22. The summed E-state index contributed by atoms with van der Waals surface area (Å²) in [6.45, 7) is 9.21. The highest BCUT2D eigenvalue weighted by Gasteiger charge is 2.07. The Labute approximate surface area is 159 Å². The van der Waals surface area contributed by atoms with Crippen molar-refractivity contribution in [2.75, 3.05) is 26.9 Å². The largest absolute Gasteiger partial charge is 0.491 e. The quantitative estimate of drug-likeness (QED) is 0.400. The van der Waals surface area contributed by atoms with Gasteiger partial charge in [-0.05, 0) is 32.4 Å². The summed E-state index contributed by atoms with van der Waals surface area (Å²) < 4.78 is 11.2. The lowest BCUT2D eigenvalue weighted by Crippen LogP contribution is -2.36. The third-order valence-electron chi connectivity index (χ3n) is 3.66. The molecule has 0 saturated carbocycles. The van der Waals surface area contributed by atoms with Crippen molar-refractivity contribution in [3.05, 3.63) is 45.4 Å². The SMILES string of the molecule is CCOCCOc1cc(C)ccc1CNC(=NC)NCc1ncc(C)s1. The van der Waals surface area contributed by atoms with Gasteiger partial charge in [0.2, 0.25) is 0 Å². The van der Waals surface area contributed by atoms with Crippen LogP contribution in [0.4, 0.5) is 0 Å². The molecular formula is C19H28N4O2S. The van der Waals surface area contributed by atoms with Crippen LogP contribution in [0.5, 0.6) is 5.75 Å². The summed E-state index contributed by atoms with van der Waals surface area (Å²) in [5, 5.41) is 7.66. The van der Waals surface area contributed by atoms with E-state index in [9.17, 15) is 0 Å². The molecule has 2 rings (SSSR count). The lowest BCUT2D eigenvalue weighted by Gasteiger charge is -2.15. The summed E-state index contributed by atoms with van der Waals surface area (Å²) in [4.78, 5) is 9.83. The molecule has 1 aromatic heterocycles. The number of hydrogen-bond donors (Lipinski definition) is 2. The molecule has 6 nitrogen and oxygen atoms in total. The molecule has 0 bridgehead atoms. The van der Waals surface area contributed by atoms with Gasteiger partial charge in [0, 0.05) is 36.8 Å². The minimum absolute atomic E-state index is 0.542. The number of ether oxygens (including phenoxy) is 2. The van der Waals surface area contributed by atoms with Crippen molar-refractivity contribution < 1.29 is 9.47 Å². The van der Waals surface area contributed by atoms with Crippen LogP contribution in [0.3, 0.4) is 0 Å². The number of nitrogens with one attached hydrogen (secondary N) is 2. The maximum absolute atomic E-state index is 5.88. The van der Waals surface area contributed by atoms with Crippen LogP contribution in [0.25, 0.3) is 0 Å². The molecule has 0 unspecified atom stereocenters. The van der Waals surface area contributed by atoms with Crippen LogP contribution in [0.15, 0.2) is 29.4 Å². The van der Waals surface area contributed by atoms with E-state index in [2.05, 4.69) is 52.7 Å². The summed E-state index contributed by atoms with van der Waals surface area (Å²) in [6.07, 6.45) is 1.88. The number of aromatic nitrogens is 1. The van der Waals surface area contributed by atoms with Crippen LogP contribution in [0.1, 0.15) is 27.9 Å². The van der Waals surface area contributed by atoms with Crippen LogP contribution in [0, 0.1) is 13.8 Å². The first kappa shape index (κ1) is 20.2. The van der Waals surface area contributed by atoms with Gasteiger partial charge >= 0.3 is 0 Å². The molecule has 0 aliphatic heterocycles. The third kappa shape index (κ3) is 6.65. The summed E-state index contributed by atoms with van der Waals surface area (Å²) in [5.41, 5.74) is 2.25. The fourth-order valence-electron chi connectivity index (χ4n) is 2.34. The maximum Gasteiger partial charge on any atom is 0.191 e.